The van der Waals surface area contributed by atoms with Crippen LogP contribution in [0.3, 0.4) is 0 Å². The quantitative estimate of drug-likeness (QED) is 0.241. The van der Waals surface area contributed by atoms with Gasteiger partial charge in [0.05, 0.1) is 11.0 Å². The summed E-state index contributed by atoms with van der Waals surface area (Å²) >= 11 is 0. The van der Waals surface area contributed by atoms with Crippen LogP contribution in [0.1, 0.15) is 5.56 Å². The van der Waals surface area contributed by atoms with Crippen LogP contribution in [-0.2, 0) is 0 Å². The lowest BCUT2D eigenvalue weighted by molar-refractivity contribution is 1.40. The van der Waals surface area contributed by atoms with Gasteiger partial charge >= 0.3 is 0 Å². The van der Waals surface area contributed by atoms with Crippen molar-refractivity contribution in [1.82, 2.24) is 9.97 Å². The lowest BCUT2D eigenvalue weighted by Gasteiger charge is -2.09. The van der Waals surface area contributed by atoms with E-state index < -0.39 is 0 Å². The Balaban J connectivity index is 1.13. The van der Waals surface area contributed by atoms with E-state index in [9.17, 15) is 0 Å². The van der Waals surface area contributed by atoms with Crippen molar-refractivity contribution in [2.24, 2.45) is 0 Å². The van der Waals surface area contributed by atoms with Crippen molar-refractivity contribution in [2.75, 3.05) is 0 Å². The van der Waals surface area contributed by atoms with Crippen LogP contribution in [0.5, 0.6) is 0 Å². The first-order chi connectivity index (χ1) is 19.2. The minimum Gasteiger partial charge on any atom is -0.256 e. The largest absolute Gasteiger partial charge is 0.256 e. The number of hydrogen-bond donors (Lipinski definition) is 0. The topological polar surface area (TPSA) is 25.8 Å². The van der Waals surface area contributed by atoms with Gasteiger partial charge in [0.15, 0.2) is 0 Å². The molecule has 0 bridgehead atoms. The summed E-state index contributed by atoms with van der Waals surface area (Å²) in [6, 6.07) is 45.3. The second-order valence-electron chi connectivity index (χ2n) is 10.1. The Morgan fingerprint density at radius 3 is 1.41 bits per heavy atom. The molecule has 0 aliphatic rings. The van der Waals surface area contributed by atoms with Gasteiger partial charge < -0.3 is 0 Å². The maximum Gasteiger partial charge on any atom is 0.0708 e. The molecule has 0 saturated heterocycles. The highest BCUT2D eigenvalue weighted by Crippen LogP contribution is 2.30. The number of para-hydroxylation sites is 1. The molecule has 2 nitrogen and oxygen atoms in total. The third-order valence-corrected chi connectivity index (χ3v) is 7.43. The minimum absolute atomic E-state index is 0.998. The molecule has 2 heteroatoms. The highest BCUT2D eigenvalue weighted by Gasteiger charge is 2.07. The lowest BCUT2D eigenvalue weighted by Crippen LogP contribution is -1.86. The molecule has 0 radical (unpaired) electrons. The van der Waals surface area contributed by atoms with Gasteiger partial charge in [0, 0.05) is 34.3 Å². The van der Waals surface area contributed by atoms with Crippen LogP contribution in [0.15, 0.2) is 140 Å². The summed E-state index contributed by atoms with van der Waals surface area (Å²) in [7, 11) is 0. The Bertz CT molecular complexity index is 1930. The van der Waals surface area contributed by atoms with Gasteiger partial charge in [0.2, 0.25) is 0 Å². The van der Waals surface area contributed by atoms with Crippen molar-refractivity contribution in [2.45, 2.75) is 6.92 Å². The summed E-state index contributed by atoms with van der Waals surface area (Å²) in [4.78, 5) is 9.43. The number of aryl methyl sites for hydroxylation is 1. The van der Waals surface area contributed by atoms with Crippen molar-refractivity contribution in [3.05, 3.63) is 145 Å². The molecule has 2 heterocycles. The Morgan fingerprint density at radius 1 is 0.359 bits per heavy atom. The smallest absolute Gasteiger partial charge is 0.0708 e. The molecule has 5 aromatic carbocycles. The van der Waals surface area contributed by atoms with E-state index in [-0.39, 0.29) is 0 Å². The van der Waals surface area contributed by atoms with Gasteiger partial charge in [0.25, 0.3) is 0 Å². The third-order valence-electron chi connectivity index (χ3n) is 7.43. The van der Waals surface area contributed by atoms with Crippen molar-refractivity contribution in [3.63, 3.8) is 0 Å². The fraction of sp³-hybridized carbons (Fsp3) is 0.0270. The summed E-state index contributed by atoms with van der Waals surface area (Å²) in [6.07, 6.45) is 3.92. The van der Waals surface area contributed by atoms with Gasteiger partial charge in [-0.3, -0.25) is 9.97 Å². The molecular weight excluding hydrogens is 472 g/mol. The number of rotatable bonds is 4. The van der Waals surface area contributed by atoms with Crippen molar-refractivity contribution in [3.8, 4) is 44.5 Å². The van der Waals surface area contributed by atoms with Crippen LogP contribution in [0.4, 0.5) is 0 Å². The molecule has 0 N–H and O–H groups in total. The molecule has 39 heavy (non-hydrogen) atoms. The molecule has 0 saturated carbocycles. The van der Waals surface area contributed by atoms with Gasteiger partial charge in [-0.15, -0.1) is 0 Å². The second-order valence-corrected chi connectivity index (χ2v) is 10.1. The normalized spacial score (nSPS) is 11.2. The first kappa shape index (κ1) is 23.1. The zero-order valence-electron chi connectivity index (χ0n) is 21.7. The van der Waals surface area contributed by atoms with E-state index in [1.807, 2.05) is 24.5 Å². The summed E-state index contributed by atoms with van der Waals surface area (Å²) in [5, 5.41) is 2.29. The first-order valence-corrected chi connectivity index (χ1v) is 13.2. The van der Waals surface area contributed by atoms with Crippen LogP contribution < -0.4 is 0 Å². The maximum absolute atomic E-state index is 4.82. The fourth-order valence-corrected chi connectivity index (χ4v) is 5.14. The van der Waals surface area contributed by atoms with Crippen LogP contribution in [0.25, 0.3) is 66.3 Å². The van der Waals surface area contributed by atoms with E-state index in [2.05, 4.69) is 127 Å². The van der Waals surface area contributed by atoms with Crippen molar-refractivity contribution >= 4 is 21.8 Å². The van der Waals surface area contributed by atoms with Gasteiger partial charge in [-0.25, -0.2) is 0 Å². The maximum atomic E-state index is 4.82. The van der Waals surface area contributed by atoms with Crippen LogP contribution in [0.2, 0.25) is 0 Å². The SMILES string of the molecule is Cc1ccc(-c2ccc(-c3ccc4cc(-c5ccc(-c6cnc7ccccc7c6)cc5)cnc4c3)cc2)cc1. The van der Waals surface area contributed by atoms with Crippen LogP contribution in [-0.4, -0.2) is 9.97 Å². The molecule has 2 aromatic heterocycles. The lowest BCUT2D eigenvalue weighted by atomic mass is 9.98. The number of pyridine rings is 2. The van der Waals surface area contributed by atoms with Crippen LogP contribution >= 0.6 is 0 Å². The van der Waals surface area contributed by atoms with E-state index in [1.165, 1.54) is 27.8 Å². The predicted molar refractivity (Wildman–Crippen MR) is 164 cm³/mol. The van der Waals surface area contributed by atoms with E-state index >= 15 is 0 Å². The van der Waals surface area contributed by atoms with Crippen molar-refractivity contribution < 1.29 is 0 Å². The Morgan fingerprint density at radius 2 is 0.795 bits per heavy atom. The molecule has 0 fully saturated rings. The van der Waals surface area contributed by atoms with Gasteiger partial charge in [-0.1, -0.05) is 109 Å². The summed E-state index contributed by atoms with van der Waals surface area (Å²) in [5.74, 6) is 0. The Kier molecular flexibility index (Phi) is 5.71. The molecule has 0 atom stereocenters. The minimum atomic E-state index is 0.998. The number of hydrogen-bond acceptors (Lipinski definition) is 2. The number of benzene rings is 5. The summed E-state index contributed by atoms with van der Waals surface area (Å²) in [6.45, 7) is 2.12. The van der Waals surface area contributed by atoms with Gasteiger partial charge in [-0.2, -0.15) is 0 Å². The third kappa shape index (κ3) is 4.58. The second kappa shape index (κ2) is 9.66. The highest BCUT2D eigenvalue weighted by molar-refractivity contribution is 5.88. The molecule has 0 amide bonds. The average molecular weight is 499 g/mol. The number of nitrogens with zero attached hydrogens (tertiary/aromatic N) is 2. The number of aromatic nitrogens is 2. The number of fused-ring (bicyclic) bond motifs is 2. The average Bonchev–Trinajstić information content (AvgIpc) is 3.01. The predicted octanol–water partition coefficient (Wildman–Crippen LogP) is 9.76. The molecule has 0 unspecified atom stereocenters. The standard InChI is InChI=1S/C37H26N2/c1-25-6-8-26(9-7-25)27-10-12-28(13-11-27)31-18-19-33-21-35(24-39-37(33)22-31)30-16-14-29(15-17-30)34-20-32-4-2-3-5-36(32)38-23-34/h2-24H,1H3. The van der Waals surface area contributed by atoms with E-state index in [0.717, 1.165) is 44.1 Å². The molecule has 0 aliphatic heterocycles. The van der Waals surface area contributed by atoms with E-state index in [0.29, 0.717) is 0 Å². The zero-order chi connectivity index (χ0) is 26.2. The van der Waals surface area contributed by atoms with Gasteiger partial charge in [-0.05, 0) is 64.6 Å². The zero-order valence-corrected chi connectivity index (χ0v) is 21.7. The fourth-order valence-electron chi connectivity index (χ4n) is 5.14. The summed E-state index contributed by atoms with van der Waals surface area (Å²) < 4.78 is 0. The van der Waals surface area contributed by atoms with Crippen LogP contribution in [0, 0.1) is 6.92 Å². The Hall–Kier alpha value is -5.08. The summed E-state index contributed by atoms with van der Waals surface area (Å²) in [5.41, 5.74) is 12.7. The van der Waals surface area contributed by atoms with Crippen molar-refractivity contribution in [1.29, 1.82) is 0 Å². The molecule has 7 aromatic rings. The van der Waals surface area contributed by atoms with E-state index in [1.54, 1.807) is 0 Å². The highest BCUT2D eigenvalue weighted by atomic mass is 14.7. The first-order valence-electron chi connectivity index (χ1n) is 13.2. The Labute approximate surface area is 228 Å². The molecule has 184 valence electrons. The monoisotopic (exact) mass is 498 g/mol. The molecule has 0 aliphatic carbocycles. The molecule has 0 spiro atoms. The molecular formula is C37H26N2. The van der Waals surface area contributed by atoms with E-state index in [4.69, 9.17) is 4.98 Å². The van der Waals surface area contributed by atoms with Gasteiger partial charge in [0.1, 0.15) is 0 Å². The molecule has 7 rings (SSSR count).